The standard InChI is InChI=1S/C29H28N10O/c1-18-7-9-21(38(18)29(40)27-33-17-34-37-27)10-12-25-22(13-14-30)26(31)39-28(36-25)23(16-35-39)20-8-11-24(32-15-20)19-5-3-2-4-6-19/h2-6,8,11,15-18,21H,7,9-10,12-13,31H2,1H3,(H,33,34,37). The van der Waals surface area contributed by atoms with Gasteiger partial charge in [-0.05, 0) is 38.7 Å². The Morgan fingerprint density at radius 1 is 1.15 bits per heavy atom. The highest BCUT2D eigenvalue weighted by atomic mass is 16.2. The maximum absolute atomic E-state index is 13.1. The number of nitrogen functional groups attached to an aromatic ring is 1. The summed E-state index contributed by atoms with van der Waals surface area (Å²) in [6.07, 6.45) is 8.10. The number of pyridine rings is 1. The predicted octanol–water partition coefficient (Wildman–Crippen LogP) is 3.85. The number of rotatable bonds is 7. The number of carbonyl (C=O) groups excluding carboxylic acids is 1. The molecule has 0 aliphatic carbocycles. The first kappa shape index (κ1) is 25.2. The number of anilines is 1. The van der Waals surface area contributed by atoms with Crippen molar-refractivity contribution in [2.75, 3.05) is 5.73 Å². The number of aromatic amines is 1. The monoisotopic (exact) mass is 532 g/mol. The summed E-state index contributed by atoms with van der Waals surface area (Å²) in [5.74, 6) is 0.483. The molecule has 40 heavy (non-hydrogen) atoms. The zero-order valence-corrected chi connectivity index (χ0v) is 22.0. The molecular weight excluding hydrogens is 504 g/mol. The number of carbonyl (C=O) groups is 1. The van der Waals surface area contributed by atoms with E-state index in [1.807, 2.05) is 60.5 Å². The first-order valence-corrected chi connectivity index (χ1v) is 13.3. The van der Waals surface area contributed by atoms with Crippen LogP contribution in [-0.4, -0.2) is 57.7 Å². The largest absolute Gasteiger partial charge is 0.383 e. The molecule has 1 saturated heterocycles. The van der Waals surface area contributed by atoms with Gasteiger partial charge in [0.15, 0.2) is 5.65 Å². The Kier molecular flexibility index (Phi) is 6.66. The van der Waals surface area contributed by atoms with Crippen molar-refractivity contribution in [3.05, 3.63) is 78.3 Å². The second-order valence-electron chi connectivity index (χ2n) is 10.0. The van der Waals surface area contributed by atoms with Gasteiger partial charge < -0.3 is 15.6 Å². The molecule has 3 N–H and O–H groups in total. The first-order chi connectivity index (χ1) is 19.5. The first-order valence-electron chi connectivity index (χ1n) is 13.3. The molecule has 2 atom stereocenters. The van der Waals surface area contributed by atoms with Crippen LogP contribution in [0.5, 0.6) is 0 Å². The van der Waals surface area contributed by atoms with E-state index in [9.17, 15) is 10.1 Å². The summed E-state index contributed by atoms with van der Waals surface area (Å²) >= 11 is 0. The molecule has 11 nitrogen and oxygen atoms in total. The highest BCUT2D eigenvalue weighted by Crippen LogP contribution is 2.31. The van der Waals surface area contributed by atoms with Gasteiger partial charge in [-0.1, -0.05) is 36.4 Å². The van der Waals surface area contributed by atoms with Crippen LogP contribution < -0.4 is 5.73 Å². The van der Waals surface area contributed by atoms with Crippen LogP contribution in [0.4, 0.5) is 5.82 Å². The van der Waals surface area contributed by atoms with E-state index in [0.29, 0.717) is 29.9 Å². The Morgan fingerprint density at radius 2 is 2.00 bits per heavy atom. The number of nitrogens with zero attached hydrogens (tertiary/aromatic N) is 8. The Hall–Kier alpha value is -5.11. The summed E-state index contributed by atoms with van der Waals surface area (Å²) < 4.78 is 1.59. The summed E-state index contributed by atoms with van der Waals surface area (Å²) in [6.45, 7) is 2.05. The minimum atomic E-state index is -0.155. The number of likely N-dealkylation sites (tertiary alicyclic amines) is 1. The number of nitriles is 1. The van der Waals surface area contributed by atoms with Crippen LogP contribution in [0.3, 0.4) is 0 Å². The summed E-state index contributed by atoms with van der Waals surface area (Å²) in [4.78, 5) is 27.5. The van der Waals surface area contributed by atoms with Crippen LogP contribution in [0.1, 0.15) is 48.1 Å². The molecule has 0 saturated carbocycles. The normalized spacial score (nSPS) is 16.9. The third-order valence-electron chi connectivity index (χ3n) is 7.62. The van der Waals surface area contributed by atoms with Crippen molar-refractivity contribution in [1.29, 1.82) is 5.26 Å². The SMILES string of the molecule is CC1CCC(CCc2nc3c(-c4ccc(-c5ccccc5)nc4)cnn3c(N)c2CC#N)N1C(=O)c1nnc[nH]1. The van der Waals surface area contributed by atoms with Crippen LogP contribution >= 0.6 is 0 Å². The second kappa shape index (κ2) is 10.6. The van der Waals surface area contributed by atoms with E-state index in [-0.39, 0.29) is 30.2 Å². The molecule has 6 rings (SSSR count). The number of nitrogens with two attached hydrogens (primary N) is 1. The molecule has 1 aliphatic rings. The Bertz CT molecular complexity index is 1690. The molecule has 0 radical (unpaired) electrons. The molecule has 1 amide bonds. The zero-order chi connectivity index (χ0) is 27.6. The van der Waals surface area contributed by atoms with Crippen LogP contribution in [0.15, 0.2) is 61.2 Å². The average molecular weight is 533 g/mol. The highest BCUT2D eigenvalue weighted by Gasteiger charge is 2.36. The lowest BCUT2D eigenvalue weighted by atomic mass is 10.0. The molecule has 200 valence electrons. The topological polar surface area (TPSA) is 155 Å². The van der Waals surface area contributed by atoms with Crippen molar-refractivity contribution in [3.63, 3.8) is 0 Å². The fourth-order valence-electron chi connectivity index (χ4n) is 5.57. The van der Waals surface area contributed by atoms with Crippen molar-refractivity contribution in [3.8, 4) is 28.5 Å². The third kappa shape index (κ3) is 4.53. The van der Waals surface area contributed by atoms with Crippen LogP contribution in [0.25, 0.3) is 28.0 Å². The average Bonchev–Trinajstić information content (AvgIpc) is 3.74. The molecule has 1 fully saturated rings. The fourth-order valence-corrected chi connectivity index (χ4v) is 5.57. The summed E-state index contributed by atoms with van der Waals surface area (Å²) in [5, 5.41) is 21.7. The van der Waals surface area contributed by atoms with E-state index in [1.165, 1.54) is 6.33 Å². The number of hydrogen-bond acceptors (Lipinski definition) is 8. The molecular formula is C29H28N10O. The molecule has 0 spiro atoms. The number of H-pyrrole nitrogens is 1. The van der Waals surface area contributed by atoms with Gasteiger partial charge in [-0.15, -0.1) is 10.2 Å². The highest BCUT2D eigenvalue weighted by molar-refractivity contribution is 5.91. The third-order valence-corrected chi connectivity index (χ3v) is 7.62. The van der Waals surface area contributed by atoms with E-state index in [2.05, 4.69) is 31.3 Å². The van der Waals surface area contributed by atoms with E-state index >= 15 is 0 Å². The van der Waals surface area contributed by atoms with Gasteiger partial charge in [-0.3, -0.25) is 9.78 Å². The van der Waals surface area contributed by atoms with Gasteiger partial charge in [-0.25, -0.2) is 4.98 Å². The molecule has 0 bridgehead atoms. The minimum Gasteiger partial charge on any atom is -0.383 e. The Morgan fingerprint density at radius 3 is 2.73 bits per heavy atom. The van der Waals surface area contributed by atoms with Crippen molar-refractivity contribution in [2.45, 2.75) is 51.1 Å². The smallest absolute Gasteiger partial charge is 0.292 e. The predicted molar refractivity (Wildman–Crippen MR) is 149 cm³/mol. The summed E-state index contributed by atoms with van der Waals surface area (Å²) in [5.41, 5.74) is 12.2. The van der Waals surface area contributed by atoms with Crippen molar-refractivity contribution < 1.29 is 4.79 Å². The molecule has 1 aliphatic heterocycles. The summed E-state index contributed by atoms with van der Waals surface area (Å²) in [6, 6.07) is 16.3. The van der Waals surface area contributed by atoms with E-state index < -0.39 is 0 Å². The van der Waals surface area contributed by atoms with Gasteiger partial charge in [0.1, 0.15) is 12.1 Å². The van der Waals surface area contributed by atoms with Crippen molar-refractivity contribution in [2.24, 2.45) is 0 Å². The van der Waals surface area contributed by atoms with Gasteiger partial charge in [-0.2, -0.15) is 14.9 Å². The van der Waals surface area contributed by atoms with Crippen molar-refractivity contribution in [1.82, 2.24) is 39.7 Å². The number of fused-ring (bicyclic) bond motifs is 1. The van der Waals surface area contributed by atoms with Crippen LogP contribution in [0, 0.1) is 11.3 Å². The number of aromatic nitrogens is 7. The van der Waals surface area contributed by atoms with Gasteiger partial charge in [0.25, 0.3) is 5.91 Å². The minimum absolute atomic E-state index is 0.0147. The number of hydrogen-bond donors (Lipinski definition) is 2. The van der Waals surface area contributed by atoms with Crippen LogP contribution in [0.2, 0.25) is 0 Å². The Labute approximate surface area is 230 Å². The van der Waals surface area contributed by atoms with Crippen molar-refractivity contribution >= 4 is 17.4 Å². The lowest BCUT2D eigenvalue weighted by Crippen LogP contribution is -2.40. The fraction of sp³-hybridized carbons (Fsp3) is 0.276. The number of amides is 1. The van der Waals surface area contributed by atoms with Gasteiger partial charge in [0.2, 0.25) is 5.82 Å². The maximum atomic E-state index is 13.1. The van der Waals surface area contributed by atoms with Crippen LogP contribution in [-0.2, 0) is 12.8 Å². The lowest BCUT2D eigenvalue weighted by Gasteiger charge is -2.28. The molecule has 11 heteroatoms. The second-order valence-corrected chi connectivity index (χ2v) is 10.0. The molecule has 5 heterocycles. The molecule has 4 aromatic heterocycles. The van der Waals surface area contributed by atoms with Gasteiger partial charge in [0, 0.05) is 40.5 Å². The maximum Gasteiger partial charge on any atom is 0.292 e. The van der Waals surface area contributed by atoms with E-state index in [4.69, 9.17) is 10.7 Å². The van der Waals surface area contributed by atoms with E-state index in [0.717, 1.165) is 40.9 Å². The summed E-state index contributed by atoms with van der Waals surface area (Å²) in [7, 11) is 0. The Balaban J connectivity index is 1.31. The number of benzene rings is 1. The van der Waals surface area contributed by atoms with Gasteiger partial charge >= 0.3 is 0 Å². The van der Waals surface area contributed by atoms with E-state index in [1.54, 1.807) is 10.7 Å². The van der Waals surface area contributed by atoms with Gasteiger partial charge in [0.05, 0.1) is 30.1 Å². The molecule has 1 aromatic carbocycles. The number of nitrogens with one attached hydrogen (secondary N) is 1. The molecule has 2 unspecified atom stereocenters. The number of aryl methyl sites for hydroxylation is 1. The zero-order valence-electron chi connectivity index (χ0n) is 22.0. The lowest BCUT2D eigenvalue weighted by molar-refractivity contribution is 0.0660. The quantitative estimate of drug-likeness (QED) is 0.320. The molecule has 5 aromatic rings.